The number of fused-ring (bicyclic) bond motifs is 1. The largest absolute Gasteiger partial charge is 0.384 e. The third-order valence-electron chi connectivity index (χ3n) is 7.90. The molecule has 41 heavy (non-hydrogen) atoms. The normalized spacial score (nSPS) is 16.2. The Morgan fingerprint density at radius 3 is 2.51 bits per heavy atom. The monoisotopic (exact) mass is 575 g/mol. The van der Waals surface area contributed by atoms with E-state index < -0.39 is 9.84 Å². The molecule has 1 aromatic carbocycles. The van der Waals surface area contributed by atoms with E-state index in [-0.39, 0.29) is 34.7 Å². The number of hydrogen-bond acceptors (Lipinski definition) is 10. The smallest absolute Gasteiger partial charge is 0.295 e. The van der Waals surface area contributed by atoms with E-state index in [1.165, 1.54) is 7.11 Å². The molecular weight excluding hydrogens is 542 g/mol. The third-order valence-corrected chi connectivity index (χ3v) is 9.59. The van der Waals surface area contributed by atoms with Gasteiger partial charge >= 0.3 is 0 Å². The summed E-state index contributed by atoms with van der Waals surface area (Å²) in [7, 11) is -1.95. The van der Waals surface area contributed by atoms with E-state index in [0.29, 0.717) is 35.4 Å². The maximum Gasteiger partial charge on any atom is 0.295 e. The first-order valence-electron chi connectivity index (χ1n) is 13.9. The van der Waals surface area contributed by atoms with E-state index in [1.807, 2.05) is 6.92 Å². The molecule has 0 spiro atoms. The molecule has 3 aromatic heterocycles. The standard InChI is InChI=1S/C29H33N7O4S/c1-17-24(25(21-8-9-21)33-16-32-17)26-31-15-23-28(35-26)36(18(2)20-6-7-20)29(37)27(34-23)30-14-19-4-10-22(11-5-19)41(38,39)13-12-40-3/h4-5,10-11,15-16,18,20-21H,6-9,12-14H2,1-3H3,(H,30,34)/t18-/m0/s1. The highest BCUT2D eigenvalue weighted by molar-refractivity contribution is 7.91. The molecule has 2 aliphatic rings. The maximum atomic E-state index is 13.8. The summed E-state index contributed by atoms with van der Waals surface area (Å²) in [6.07, 6.45) is 7.56. The number of sulfone groups is 1. The minimum absolute atomic E-state index is 0.0519. The molecule has 0 radical (unpaired) electrons. The summed E-state index contributed by atoms with van der Waals surface area (Å²) in [4.78, 5) is 37.2. The van der Waals surface area contributed by atoms with Crippen LogP contribution in [-0.4, -0.2) is 57.4 Å². The second-order valence-electron chi connectivity index (χ2n) is 10.9. The Kier molecular flexibility index (Phi) is 7.28. The maximum absolute atomic E-state index is 13.8. The van der Waals surface area contributed by atoms with Crippen molar-refractivity contribution >= 4 is 26.8 Å². The van der Waals surface area contributed by atoms with Crippen LogP contribution < -0.4 is 10.9 Å². The van der Waals surface area contributed by atoms with Crippen molar-refractivity contribution in [2.75, 3.05) is 24.8 Å². The lowest BCUT2D eigenvalue weighted by molar-refractivity contribution is 0.217. The number of anilines is 1. The van der Waals surface area contributed by atoms with E-state index in [0.717, 1.165) is 48.2 Å². The van der Waals surface area contributed by atoms with E-state index in [9.17, 15) is 13.2 Å². The number of hydrogen-bond donors (Lipinski definition) is 1. The molecular formula is C29H33N7O4S. The number of benzene rings is 1. The van der Waals surface area contributed by atoms with E-state index >= 15 is 0 Å². The average molecular weight is 576 g/mol. The molecule has 1 N–H and O–H groups in total. The molecule has 0 unspecified atom stereocenters. The van der Waals surface area contributed by atoms with Gasteiger partial charge < -0.3 is 10.1 Å². The van der Waals surface area contributed by atoms with Crippen molar-refractivity contribution < 1.29 is 13.2 Å². The van der Waals surface area contributed by atoms with Gasteiger partial charge in [-0.05, 0) is 63.1 Å². The van der Waals surface area contributed by atoms with E-state index in [1.54, 1.807) is 41.4 Å². The van der Waals surface area contributed by atoms with Crippen molar-refractivity contribution in [2.24, 2.45) is 5.92 Å². The van der Waals surface area contributed by atoms with Crippen LogP contribution in [0.4, 0.5) is 5.82 Å². The highest BCUT2D eigenvalue weighted by atomic mass is 32.2. The van der Waals surface area contributed by atoms with Gasteiger partial charge in [0, 0.05) is 25.6 Å². The van der Waals surface area contributed by atoms with Crippen molar-refractivity contribution in [3.63, 3.8) is 0 Å². The molecule has 0 bridgehead atoms. The Bertz CT molecular complexity index is 1760. The second kappa shape index (κ2) is 10.9. The predicted octanol–water partition coefficient (Wildman–Crippen LogP) is 3.83. The second-order valence-corrected chi connectivity index (χ2v) is 13.0. The topological polar surface area (TPSA) is 142 Å². The van der Waals surface area contributed by atoms with Gasteiger partial charge in [-0.3, -0.25) is 9.36 Å². The van der Waals surface area contributed by atoms with Gasteiger partial charge in [-0.1, -0.05) is 12.1 Å². The van der Waals surface area contributed by atoms with Crippen LogP contribution in [0.25, 0.3) is 22.6 Å². The number of methoxy groups -OCH3 is 1. The Hall–Kier alpha value is -3.77. The fourth-order valence-corrected chi connectivity index (χ4v) is 6.32. The summed E-state index contributed by atoms with van der Waals surface area (Å²) in [5.41, 5.74) is 4.20. The van der Waals surface area contributed by atoms with Gasteiger partial charge in [0.05, 0.1) is 40.4 Å². The van der Waals surface area contributed by atoms with Crippen LogP contribution in [0.3, 0.4) is 0 Å². The molecule has 0 amide bonds. The van der Waals surface area contributed by atoms with Crippen LogP contribution >= 0.6 is 0 Å². The fraction of sp³-hybridized carbons (Fsp3) is 0.448. The molecule has 1 atom stereocenters. The van der Waals surface area contributed by atoms with Crippen LogP contribution in [0.15, 0.2) is 46.5 Å². The number of rotatable bonds is 11. The number of ether oxygens (including phenoxy) is 1. The highest BCUT2D eigenvalue weighted by Gasteiger charge is 2.33. The molecule has 2 fully saturated rings. The zero-order chi connectivity index (χ0) is 28.7. The molecule has 11 nitrogen and oxygen atoms in total. The van der Waals surface area contributed by atoms with Gasteiger partial charge in [-0.2, -0.15) is 0 Å². The van der Waals surface area contributed by atoms with Crippen molar-refractivity contribution in [1.29, 1.82) is 0 Å². The minimum Gasteiger partial charge on any atom is -0.384 e. The average Bonchev–Trinajstić information content (AvgIpc) is 3.88. The molecule has 2 saturated carbocycles. The Morgan fingerprint density at radius 1 is 1.07 bits per heavy atom. The van der Waals surface area contributed by atoms with Crippen LogP contribution in [0.5, 0.6) is 0 Å². The quantitative estimate of drug-likeness (QED) is 0.280. The van der Waals surface area contributed by atoms with Gasteiger partial charge in [0.25, 0.3) is 5.56 Å². The number of nitrogens with one attached hydrogen (secondary N) is 1. The van der Waals surface area contributed by atoms with Gasteiger partial charge in [0.1, 0.15) is 11.8 Å². The van der Waals surface area contributed by atoms with Crippen LogP contribution in [0.2, 0.25) is 0 Å². The fourth-order valence-electron chi connectivity index (χ4n) is 5.15. The molecule has 2 aliphatic carbocycles. The Balaban J connectivity index is 1.34. The summed E-state index contributed by atoms with van der Waals surface area (Å²) in [5.74, 6) is 1.43. The number of aryl methyl sites for hydroxylation is 1. The van der Waals surface area contributed by atoms with Gasteiger partial charge in [0.2, 0.25) is 0 Å². The van der Waals surface area contributed by atoms with Crippen molar-refractivity contribution in [1.82, 2.24) is 29.5 Å². The molecule has 0 aliphatic heterocycles. The van der Waals surface area contributed by atoms with Crippen molar-refractivity contribution in [3.8, 4) is 11.4 Å². The van der Waals surface area contributed by atoms with Crippen molar-refractivity contribution in [2.45, 2.75) is 62.9 Å². The zero-order valence-corrected chi connectivity index (χ0v) is 24.2. The minimum atomic E-state index is -3.42. The molecule has 3 heterocycles. The summed E-state index contributed by atoms with van der Waals surface area (Å²) in [5, 5.41) is 3.17. The SMILES string of the molecule is COCCS(=O)(=O)c1ccc(CNc2nc3cnc(-c4c(C)ncnc4C4CC4)nc3n([C@@H](C)C3CC3)c2=O)cc1. The van der Waals surface area contributed by atoms with E-state index in [2.05, 4.69) is 32.2 Å². The third kappa shape index (κ3) is 5.58. The number of nitrogens with zero attached hydrogens (tertiary/aromatic N) is 6. The Morgan fingerprint density at radius 2 is 1.83 bits per heavy atom. The molecule has 0 saturated heterocycles. The lowest BCUT2D eigenvalue weighted by Gasteiger charge is -2.19. The summed E-state index contributed by atoms with van der Waals surface area (Å²) in [6.45, 7) is 4.42. The zero-order valence-electron chi connectivity index (χ0n) is 23.4. The molecule has 214 valence electrons. The summed E-state index contributed by atoms with van der Waals surface area (Å²) < 4.78 is 31.5. The first-order chi connectivity index (χ1) is 19.8. The first kappa shape index (κ1) is 27.4. The van der Waals surface area contributed by atoms with E-state index in [4.69, 9.17) is 9.72 Å². The van der Waals surface area contributed by atoms with Crippen LogP contribution in [-0.2, 0) is 21.1 Å². The van der Waals surface area contributed by atoms with Crippen LogP contribution in [0, 0.1) is 12.8 Å². The molecule has 6 rings (SSSR count). The van der Waals surface area contributed by atoms with Crippen molar-refractivity contribution in [3.05, 3.63) is 64.1 Å². The van der Waals surface area contributed by atoms with Gasteiger partial charge in [-0.15, -0.1) is 0 Å². The molecule has 12 heteroatoms. The predicted molar refractivity (Wildman–Crippen MR) is 154 cm³/mol. The lowest BCUT2D eigenvalue weighted by Crippen LogP contribution is -2.29. The lowest BCUT2D eigenvalue weighted by atomic mass is 10.1. The molecule has 4 aromatic rings. The summed E-state index contributed by atoms with van der Waals surface area (Å²) >= 11 is 0. The van der Waals surface area contributed by atoms with Gasteiger partial charge in [0.15, 0.2) is 27.1 Å². The number of aromatic nitrogens is 6. The van der Waals surface area contributed by atoms with Crippen LogP contribution in [0.1, 0.15) is 61.5 Å². The Labute approximate surface area is 238 Å². The first-order valence-corrected chi connectivity index (χ1v) is 15.6. The highest BCUT2D eigenvalue weighted by Crippen LogP contribution is 2.43. The van der Waals surface area contributed by atoms with Gasteiger partial charge in [-0.25, -0.2) is 33.3 Å². The summed E-state index contributed by atoms with van der Waals surface area (Å²) in [6, 6.07) is 6.56.